The number of likely N-dealkylation sites (tertiary alicyclic amines) is 1. The zero-order chi connectivity index (χ0) is 29.2. The first kappa shape index (κ1) is 31.8. The summed E-state index contributed by atoms with van der Waals surface area (Å²) in [7, 11) is -5.84. The maximum Gasteiger partial charge on any atom is 0.511 e. The van der Waals surface area contributed by atoms with Crippen LogP contribution in [-0.2, 0) is 29.2 Å². The van der Waals surface area contributed by atoms with Gasteiger partial charge >= 0.3 is 15.5 Å². The van der Waals surface area contributed by atoms with Gasteiger partial charge < -0.3 is 21.3 Å². The summed E-state index contributed by atoms with van der Waals surface area (Å²) in [4.78, 5) is 52.1. The minimum Gasteiger partial charge on any atom is -0.368 e. The van der Waals surface area contributed by atoms with Crippen LogP contribution >= 0.6 is 0 Å². The first-order chi connectivity index (χ1) is 17.3. The smallest absolute Gasteiger partial charge is 0.368 e. The average Bonchev–Trinajstić information content (AvgIpc) is 3.18. The quantitative estimate of drug-likeness (QED) is 0.317. The van der Waals surface area contributed by atoms with E-state index >= 15 is 0 Å². The molecule has 2 aliphatic heterocycles. The minimum absolute atomic E-state index is 0.0118. The van der Waals surface area contributed by atoms with Crippen LogP contribution in [0.15, 0.2) is 0 Å². The van der Waals surface area contributed by atoms with Gasteiger partial charge in [0.05, 0.1) is 0 Å². The van der Waals surface area contributed by atoms with Crippen molar-refractivity contribution in [2.24, 2.45) is 28.9 Å². The topological polar surface area (TPSA) is 168 Å². The first-order valence-electron chi connectivity index (χ1n) is 12.5. The second-order valence-electron chi connectivity index (χ2n) is 11.4. The van der Waals surface area contributed by atoms with Gasteiger partial charge in [-0.25, -0.2) is 8.42 Å². The van der Waals surface area contributed by atoms with E-state index in [4.69, 9.17) is 5.73 Å². The maximum atomic E-state index is 13.5. The summed E-state index contributed by atoms with van der Waals surface area (Å²) in [6, 6.07) is -4.19. The van der Waals surface area contributed by atoms with Crippen LogP contribution in [0.1, 0.15) is 60.3 Å². The highest BCUT2D eigenvalue weighted by molar-refractivity contribution is 7.90. The van der Waals surface area contributed by atoms with E-state index in [0.717, 1.165) is 4.90 Å². The van der Waals surface area contributed by atoms with Gasteiger partial charge in [-0.2, -0.15) is 17.9 Å². The molecule has 2 aliphatic rings. The molecule has 5 atom stereocenters. The molecule has 0 radical (unpaired) electrons. The van der Waals surface area contributed by atoms with E-state index < -0.39 is 63.2 Å². The molecule has 0 unspecified atom stereocenters. The summed E-state index contributed by atoms with van der Waals surface area (Å²) >= 11 is 0. The molecule has 2 fully saturated rings. The van der Waals surface area contributed by atoms with Crippen LogP contribution in [0.25, 0.3) is 0 Å². The number of piperidine rings is 1. The highest BCUT2D eigenvalue weighted by Gasteiger charge is 2.50. The van der Waals surface area contributed by atoms with Gasteiger partial charge in [-0.05, 0) is 42.9 Å². The van der Waals surface area contributed by atoms with Gasteiger partial charge in [0, 0.05) is 19.0 Å². The molecule has 0 bridgehead atoms. The number of carbonyl (C=O) groups excluding carboxylic acids is 4. The number of alkyl halides is 3. The van der Waals surface area contributed by atoms with Crippen molar-refractivity contribution in [3.05, 3.63) is 0 Å². The van der Waals surface area contributed by atoms with Crippen molar-refractivity contribution in [2.45, 2.75) is 83.9 Å². The van der Waals surface area contributed by atoms with E-state index in [0.29, 0.717) is 19.4 Å². The molecule has 11 nitrogen and oxygen atoms in total. The van der Waals surface area contributed by atoms with Gasteiger partial charge in [-0.1, -0.05) is 34.6 Å². The number of nitrogens with zero attached hydrogens (tertiary/aromatic N) is 1. The maximum absolute atomic E-state index is 13.5. The Balaban J connectivity index is 2.35. The largest absolute Gasteiger partial charge is 0.511 e. The van der Waals surface area contributed by atoms with Crippen LogP contribution in [0.4, 0.5) is 13.2 Å². The monoisotopic (exact) mass is 569 g/mol. The van der Waals surface area contributed by atoms with E-state index in [-0.39, 0.29) is 36.6 Å². The third-order valence-electron chi connectivity index (χ3n) is 7.28. The number of halogens is 3. The molecule has 2 rings (SSSR count). The highest BCUT2D eigenvalue weighted by Crippen LogP contribution is 2.37. The van der Waals surface area contributed by atoms with Crippen molar-refractivity contribution in [1.29, 1.82) is 0 Å². The summed E-state index contributed by atoms with van der Waals surface area (Å²) < 4.78 is 64.2. The van der Waals surface area contributed by atoms with Crippen molar-refractivity contribution in [2.75, 3.05) is 13.1 Å². The number of nitrogens with two attached hydrogens (primary N) is 1. The minimum atomic E-state index is -5.84. The van der Waals surface area contributed by atoms with Crippen LogP contribution in [0, 0.1) is 23.2 Å². The molecule has 4 amide bonds. The summed E-state index contributed by atoms with van der Waals surface area (Å²) in [5, 5.41) is 5.16. The highest BCUT2D eigenvalue weighted by atomic mass is 32.2. The lowest BCUT2D eigenvalue weighted by Gasteiger charge is -2.44. The molecule has 218 valence electrons. The van der Waals surface area contributed by atoms with Crippen LogP contribution in [0.5, 0.6) is 0 Å². The number of hydrogen-bond donors (Lipinski definition) is 4. The van der Waals surface area contributed by atoms with E-state index in [9.17, 15) is 40.8 Å². The lowest BCUT2D eigenvalue weighted by molar-refractivity contribution is -0.147. The number of amides is 4. The molecule has 38 heavy (non-hydrogen) atoms. The molecule has 0 aromatic rings. The van der Waals surface area contributed by atoms with Gasteiger partial charge in [0.25, 0.3) is 0 Å². The fraction of sp³-hybridized carbons (Fsp3) is 0.826. The summed E-state index contributed by atoms with van der Waals surface area (Å²) in [5.41, 5.74) is -0.433. The standard InChI is InChI=1S/C23H38F3N5O6S/c1-12(2)17(30-38(36,37)23(24,25)26)21(35)31-9-7-14(22(3,4)5)11-16(31)20(34)29-15(18(27)32)10-13-6-8-28-19(13)33/h12-17,30H,6-11H2,1-5H3,(H2,27,32)(H,28,33)(H,29,34)/t13-,14-,15-,16+,17-/m0/s1. The number of hydrogen-bond acceptors (Lipinski definition) is 6. The van der Waals surface area contributed by atoms with Crippen molar-refractivity contribution < 1.29 is 40.8 Å². The van der Waals surface area contributed by atoms with Gasteiger partial charge in [-0.15, -0.1) is 0 Å². The van der Waals surface area contributed by atoms with Crippen molar-refractivity contribution in [3.63, 3.8) is 0 Å². The Kier molecular flexibility index (Phi) is 9.84. The molecule has 0 aromatic carbocycles. The summed E-state index contributed by atoms with van der Waals surface area (Å²) in [6.45, 7) is 9.02. The Hall–Kier alpha value is -2.42. The third kappa shape index (κ3) is 7.58. The van der Waals surface area contributed by atoms with Gasteiger partial charge in [0.1, 0.15) is 18.1 Å². The van der Waals surface area contributed by atoms with Crippen LogP contribution in [0.2, 0.25) is 0 Å². The lowest BCUT2D eigenvalue weighted by atomic mass is 9.73. The lowest BCUT2D eigenvalue weighted by Crippen LogP contribution is -2.62. The normalized spacial score (nSPS) is 24.6. The molecule has 0 spiro atoms. The van der Waals surface area contributed by atoms with Crippen molar-refractivity contribution in [3.8, 4) is 0 Å². The van der Waals surface area contributed by atoms with Gasteiger partial charge in [0.2, 0.25) is 23.6 Å². The van der Waals surface area contributed by atoms with E-state index in [2.05, 4.69) is 10.6 Å². The SMILES string of the molecule is CC(C)[C@H](NS(=O)(=O)C(F)(F)F)C(=O)N1CC[C@H](C(C)(C)C)C[C@@H]1C(=O)N[C@@H](C[C@@H]1CCNC1=O)C(N)=O. The number of rotatable bonds is 9. The number of carbonyl (C=O) groups is 4. The Labute approximate surface area is 220 Å². The molecule has 5 N–H and O–H groups in total. The number of nitrogens with one attached hydrogen (secondary N) is 3. The zero-order valence-electron chi connectivity index (χ0n) is 22.2. The molecule has 2 heterocycles. The molecule has 0 aromatic heterocycles. The predicted octanol–water partition coefficient (Wildman–Crippen LogP) is 0.600. The fourth-order valence-electron chi connectivity index (χ4n) is 4.82. The van der Waals surface area contributed by atoms with Crippen LogP contribution in [-0.4, -0.2) is 73.7 Å². The predicted molar refractivity (Wildman–Crippen MR) is 131 cm³/mol. The molecule has 15 heteroatoms. The Morgan fingerprint density at radius 3 is 2.21 bits per heavy atom. The van der Waals surface area contributed by atoms with Crippen molar-refractivity contribution in [1.82, 2.24) is 20.3 Å². The third-order valence-corrected chi connectivity index (χ3v) is 8.45. The van der Waals surface area contributed by atoms with Crippen LogP contribution in [0.3, 0.4) is 0 Å². The zero-order valence-corrected chi connectivity index (χ0v) is 23.0. The summed E-state index contributed by atoms with van der Waals surface area (Å²) in [6.07, 6.45) is 0.967. The number of sulfonamides is 1. The van der Waals surface area contributed by atoms with E-state index in [1.807, 2.05) is 20.8 Å². The molecular formula is C23H38F3N5O6S. The Bertz CT molecular complexity index is 1030. The second-order valence-corrected chi connectivity index (χ2v) is 13.1. The van der Waals surface area contributed by atoms with Gasteiger partial charge in [0.15, 0.2) is 0 Å². The first-order valence-corrected chi connectivity index (χ1v) is 14.0. The Morgan fingerprint density at radius 1 is 1.16 bits per heavy atom. The number of primary amides is 1. The average molecular weight is 570 g/mol. The van der Waals surface area contributed by atoms with Crippen LogP contribution < -0.4 is 21.1 Å². The van der Waals surface area contributed by atoms with Gasteiger partial charge in [-0.3, -0.25) is 19.2 Å². The fourth-order valence-corrected chi connectivity index (χ4v) is 5.66. The Morgan fingerprint density at radius 2 is 1.76 bits per heavy atom. The molecule has 0 saturated carbocycles. The molecule has 0 aliphatic carbocycles. The molecular weight excluding hydrogens is 531 g/mol. The van der Waals surface area contributed by atoms with Crippen molar-refractivity contribution >= 4 is 33.7 Å². The summed E-state index contributed by atoms with van der Waals surface area (Å²) in [5.74, 6) is -4.37. The second kappa shape index (κ2) is 11.8. The van der Waals surface area contributed by atoms with E-state index in [1.54, 1.807) is 0 Å². The molecule has 2 saturated heterocycles. The van der Waals surface area contributed by atoms with E-state index in [1.165, 1.54) is 18.6 Å².